The maximum absolute atomic E-state index is 12.5. The zero-order valence-corrected chi connectivity index (χ0v) is 13.2. The molecule has 0 amide bonds. The number of rotatable bonds is 2. The van der Waals surface area contributed by atoms with Crippen LogP contribution < -0.4 is 5.73 Å². The summed E-state index contributed by atoms with van der Waals surface area (Å²) in [5, 5.41) is 20.4. The number of sulfone groups is 1. The van der Waals surface area contributed by atoms with Gasteiger partial charge in [-0.05, 0) is 12.0 Å². The van der Waals surface area contributed by atoms with Gasteiger partial charge in [-0.15, -0.1) is 0 Å². The van der Waals surface area contributed by atoms with E-state index in [1.807, 2.05) is 6.07 Å². The van der Waals surface area contributed by atoms with Crippen LogP contribution in [-0.4, -0.2) is 19.1 Å². The highest BCUT2D eigenvalue weighted by molar-refractivity contribution is 7.95. The SMILES string of the molecule is N#CC1=C(N)OC2=C([C@H]1c1cccc([N+](=O)[O-])c1)S(=O)(=O)CCC2. The average Bonchev–Trinajstić information content (AvgIpc) is 2.53. The summed E-state index contributed by atoms with van der Waals surface area (Å²) in [6, 6.07) is 7.43. The Bertz CT molecular complexity index is 940. The number of benzene rings is 1. The lowest BCUT2D eigenvalue weighted by Gasteiger charge is -2.31. The molecule has 0 fully saturated rings. The van der Waals surface area contributed by atoms with Gasteiger partial charge in [-0.2, -0.15) is 5.26 Å². The summed E-state index contributed by atoms with van der Waals surface area (Å²) in [7, 11) is -3.64. The van der Waals surface area contributed by atoms with E-state index in [0.29, 0.717) is 18.4 Å². The van der Waals surface area contributed by atoms with E-state index in [0.717, 1.165) is 0 Å². The summed E-state index contributed by atoms with van der Waals surface area (Å²) >= 11 is 0. The highest BCUT2D eigenvalue weighted by atomic mass is 32.2. The third kappa shape index (κ3) is 2.51. The lowest BCUT2D eigenvalue weighted by atomic mass is 9.88. The number of allylic oxidation sites excluding steroid dienone is 3. The second-order valence-electron chi connectivity index (χ2n) is 5.49. The Morgan fingerprint density at radius 3 is 2.83 bits per heavy atom. The number of non-ortho nitro benzene ring substituents is 1. The molecule has 0 saturated carbocycles. The number of ether oxygens (including phenoxy) is 1. The Hall–Kier alpha value is -2.86. The summed E-state index contributed by atoms with van der Waals surface area (Å²) < 4.78 is 30.4. The van der Waals surface area contributed by atoms with Gasteiger partial charge in [-0.1, -0.05) is 12.1 Å². The molecule has 9 heteroatoms. The molecule has 2 heterocycles. The minimum absolute atomic E-state index is 0.0139. The van der Waals surface area contributed by atoms with E-state index in [1.54, 1.807) is 6.07 Å². The molecule has 3 rings (SSSR count). The molecular weight excluding hydrogens is 334 g/mol. The van der Waals surface area contributed by atoms with Crippen molar-refractivity contribution in [2.45, 2.75) is 18.8 Å². The third-order valence-electron chi connectivity index (χ3n) is 4.01. The lowest BCUT2D eigenvalue weighted by molar-refractivity contribution is -0.384. The summed E-state index contributed by atoms with van der Waals surface area (Å²) in [6.45, 7) is 0. The second kappa shape index (κ2) is 5.65. The van der Waals surface area contributed by atoms with Crippen molar-refractivity contribution in [1.29, 1.82) is 5.26 Å². The number of nitrogens with two attached hydrogens (primary N) is 1. The van der Waals surface area contributed by atoms with Crippen molar-refractivity contribution in [2.75, 3.05) is 5.75 Å². The van der Waals surface area contributed by atoms with Crippen LogP contribution in [0.3, 0.4) is 0 Å². The van der Waals surface area contributed by atoms with Crippen LogP contribution in [0, 0.1) is 21.4 Å². The number of hydrogen-bond acceptors (Lipinski definition) is 7. The largest absolute Gasteiger partial charge is 0.444 e. The summed E-state index contributed by atoms with van der Waals surface area (Å²) in [4.78, 5) is 10.4. The Morgan fingerprint density at radius 1 is 1.42 bits per heavy atom. The molecule has 24 heavy (non-hydrogen) atoms. The maximum atomic E-state index is 12.5. The standard InChI is InChI=1S/C15H13N3O5S/c16-8-11-13(9-3-1-4-10(7-9)18(19)20)14-12(23-15(11)17)5-2-6-24(14,21)22/h1,3-4,7,13H,2,5-6,17H2/t13-/m0/s1. The first-order chi connectivity index (χ1) is 11.3. The molecule has 1 aromatic rings. The van der Waals surface area contributed by atoms with Crippen LogP contribution in [0.25, 0.3) is 0 Å². The van der Waals surface area contributed by atoms with Gasteiger partial charge in [-0.3, -0.25) is 10.1 Å². The number of nitro groups is 1. The van der Waals surface area contributed by atoms with Gasteiger partial charge in [0, 0.05) is 18.6 Å². The Morgan fingerprint density at radius 2 is 2.17 bits per heavy atom. The van der Waals surface area contributed by atoms with Crippen molar-refractivity contribution < 1.29 is 18.1 Å². The van der Waals surface area contributed by atoms with E-state index in [2.05, 4.69) is 0 Å². The van der Waals surface area contributed by atoms with E-state index < -0.39 is 20.7 Å². The molecule has 0 saturated heterocycles. The summed E-state index contributed by atoms with van der Waals surface area (Å²) in [5.74, 6) is -0.984. The topological polar surface area (TPSA) is 136 Å². The number of nitro benzene ring substituents is 1. The normalized spacial score (nSPS) is 22.4. The van der Waals surface area contributed by atoms with Gasteiger partial charge < -0.3 is 10.5 Å². The minimum Gasteiger partial charge on any atom is -0.444 e. The van der Waals surface area contributed by atoms with E-state index in [-0.39, 0.29) is 33.6 Å². The van der Waals surface area contributed by atoms with Crippen LogP contribution >= 0.6 is 0 Å². The molecule has 0 aliphatic carbocycles. The van der Waals surface area contributed by atoms with Crippen LogP contribution in [0.1, 0.15) is 24.3 Å². The van der Waals surface area contributed by atoms with Gasteiger partial charge in [0.15, 0.2) is 9.84 Å². The Kier molecular flexibility index (Phi) is 3.77. The van der Waals surface area contributed by atoms with Gasteiger partial charge in [0.25, 0.3) is 5.69 Å². The smallest absolute Gasteiger partial charge is 0.269 e. The molecule has 0 bridgehead atoms. The van der Waals surface area contributed by atoms with Gasteiger partial charge in [0.1, 0.15) is 17.4 Å². The van der Waals surface area contributed by atoms with Crippen molar-refractivity contribution >= 4 is 15.5 Å². The van der Waals surface area contributed by atoms with Gasteiger partial charge in [-0.25, -0.2) is 8.42 Å². The Balaban J connectivity index is 2.26. The second-order valence-corrected chi connectivity index (χ2v) is 7.56. The maximum Gasteiger partial charge on any atom is 0.269 e. The number of nitriles is 1. The molecule has 2 N–H and O–H groups in total. The van der Waals surface area contributed by atoms with E-state index in [9.17, 15) is 23.8 Å². The van der Waals surface area contributed by atoms with Crippen LogP contribution in [0.5, 0.6) is 0 Å². The molecule has 1 atom stereocenters. The fourth-order valence-electron chi connectivity index (χ4n) is 2.99. The monoisotopic (exact) mass is 347 g/mol. The number of hydrogen-bond donors (Lipinski definition) is 1. The van der Waals surface area contributed by atoms with Crippen molar-refractivity contribution in [3.8, 4) is 6.07 Å². The first-order valence-corrected chi connectivity index (χ1v) is 8.78. The summed E-state index contributed by atoms with van der Waals surface area (Å²) in [5.41, 5.74) is 5.86. The van der Waals surface area contributed by atoms with Crippen molar-refractivity contribution in [1.82, 2.24) is 0 Å². The van der Waals surface area contributed by atoms with E-state index in [4.69, 9.17) is 10.5 Å². The van der Waals surface area contributed by atoms with Gasteiger partial charge in [0.2, 0.25) is 5.88 Å². The average molecular weight is 347 g/mol. The molecule has 8 nitrogen and oxygen atoms in total. The zero-order valence-electron chi connectivity index (χ0n) is 12.4. The molecule has 1 aromatic carbocycles. The molecule has 0 unspecified atom stereocenters. The van der Waals surface area contributed by atoms with Crippen LogP contribution in [0.15, 0.2) is 46.4 Å². The van der Waals surface area contributed by atoms with Crippen molar-refractivity contribution in [3.05, 3.63) is 62.1 Å². The van der Waals surface area contributed by atoms with Gasteiger partial charge >= 0.3 is 0 Å². The highest BCUT2D eigenvalue weighted by Crippen LogP contribution is 2.45. The van der Waals surface area contributed by atoms with Crippen LogP contribution in [-0.2, 0) is 14.6 Å². The fourth-order valence-corrected chi connectivity index (χ4v) is 4.84. The fraction of sp³-hybridized carbons (Fsp3) is 0.267. The van der Waals surface area contributed by atoms with Crippen molar-refractivity contribution in [2.24, 2.45) is 5.73 Å². The molecule has 124 valence electrons. The first kappa shape index (κ1) is 16.0. The predicted molar refractivity (Wildman–Crippen MR) is 83.8 cm³/mol. The lowest BCUT2D eigenvalue weighted by Crippen LogP contribution is -2.29. The van der Waals surface area contributed by atoms with Gasteiger partial charge in [0.05, 0.1) is 21.5 Å². The van der Waals surface area contributed by atoms with E-state index in [1.165, 1.54) is 18.2 Å². The molecular formula is C15H13N3O5S. The molecule has 0 spiro atoms. The Labute approximate surface area is 137 Å². The predicted octanol–water partition coefficient (Wildman–Crippen LogP) is 1.82. The molecule has 2 aliphatic heterocycles. The first-order valence-electron chi connectivity index (χ1n) is 7.13. The van der Waals surface area contributed by atoms with E-state index >= 15 is 0 Å². The summed E-state index contributed by atoms with van der Waals surface area (Å²) in [6.07, 6.45) is 0.789. The van der Waals surface area contributed by atoms with Crippen LogP contribution in [0.2, 0.25) is 0 Å². The van der Waals surface area contributed by atoms with Crippen molar-refractivity contribution in [3.63, 3.8) is 0 Å². The molecule has 0 aromatic heterocycles. The quantitative estimate of drug-likeness (QED) is 0.636. The third-order valence-corrected chi connectivity index (χ3v) is 5.97. The number of nitrogens with zero attached hydrogens (tertiary/aromatic N) is 2. The molecule has 0 radical (unpaired) electrons. The van der Waals surface area contributed by atoms with Crippen LogP contribution in [0.4, 0.5) is 5.69 Å². The highest BCUT2D eigenvalue weighted by Gasteiger charge is 2.41. The molecule has 2 aliphatic rings. The minimum atomic E-state index is -3.64. The zero-order chi connectivity index (χ0) is 17.5.